The van der Waals surface area contributed by atoms with E-state index in [0.29, 0.717) is 18.5 Å². The summed E-state index contributed by atoms with van der Waals surface area (Å²) in [5, 5.41) is 8.49. The molecule has 9 heteroatoms. The number of aromatic nitrogens is 4. The topological polar surface area (TPSA) is 58.8 Å². The van der Waals surface area contributed by atoms with Crippen molar-refractivity contribution < 1.29 is 4.74 Å². The van der Waals surface area contributed by atoms with Gasteiger partial charge in [0.25, 0.3) is 0 Å². The Bertz CT molecular complexity index is 1140. The van der Waals surface area contributed by atoms with Crippen LogP contribution in [0.3, 0.4) is 0 Å². The van der Waals surface area contributed by atoms with Gasteiger partial charge in [-0.3, -0.25) is 4.90 Å². The fourth-order valence-corrected chi connectivity index (χ4v) is 4.72. The summed E-state index contributed by atoms with van der Waals surface area (Å²) in [7, 11) is 0. The highest BCUT2D eigenvalue weighted by Gasteiger charge is 2.26. The van der Waals surface area contributed by atoms with Crippen LogP contribution in [0.25, 0.3) is 5.65 Å². The molecule has 0 atom stereocenters. The van der Waals surface area contributed by atoms with Crippen LogP contribution < -0.4 is 4.74 Å². The normalized spacial score (nSPS) is 14.4. The summed E-state index contributed by atoms with van der Waals surface area (Å²) in [5.41, 5.74) is 4.47. The van der Waals surface area contributed by atoms with Crippen LogP contribution in [0, 0.1) is 6.92 Å². The zero-order chi connectivity index (χ0) is 23.2. The quantitative estimate of drug-likeness (QED) is 0.289. The summed E-state index contributed by atoms with van der Waals surface area (Å²) in [6, 6.07) is 24.0. The number of piperazine rings is 1. The molecule has 0 amide bonds. The maximum atomic E-state index is 5.92. The number of nitrogens with zero attached hydrogens (tertiary/aromatic N) is 6. The van der Waals surface area contributed by atoms with Gasteiger partial charge in [0, 0.05) is 31.7 Å². The average Bonchev–Trinajstić information content (AvgIpc) is 3.33. The molecule has 0 N–H and O–H groups in total. The van der Waals surface area contributed by atoms with E-state index < -0.39 is 0 Å². The third kappa shape index (κ3) is 6.73. The Morgan fingerprint density at radius 2 is 1.50 bits per heavy atom. The van der Waals surface area contributed by atoms with E-state index in [2.05, 4.69) is 85.6 Å². The first kappa shape index (κ1) is 27.9. The van der Waals surface area contributed by atoms with Gasteiger partial charge in [-0.2, -0.15) is 0 Å². The van der Waals surface area contributed by atoms with E-state index in [4.69, 9.17) is 4.74 Å². The van der Waals surface area contributed by atoms with Gasteiger partial charge in [-0.1, -0.05) is 60.7 Å². The molecule has 2 aromatic heterocycles. The molecule has 4 aromatic rings. The van der Waals surface area contributed by atoms with Crippen LogP contribution in [0.15, 0.2) is 73.1 Å². The van der Waals surface area contributed by atoms with Crippen molar-refractivity contribution in [3.05, 3.63) is 89.7 Å². The van der Waals surface area contributed by atoms with Gasteiger partial charge < -0.3 is 9.64 Å². The second-order valence-corrected chi connectivity index (χ2v) is 8.90. The van der Waals surface area contributed by atoms with Gasteiger partial charge in [-0.15, -0.1) is 39.6 Å². The molecule has 0 saturated carbocycles. The zero-order valence-electron chi connectivity index (χ0n) is 20.6. The Morgan fingerprint density at radius 3 is 2.14 bits per heavy atom. The number of ether oxygens (including phenoxy) is 1. The summed E-state index contributed by atoms with van der Waals surface area (Å²) in [6.07, 6.45) is 3.63. The van der Waals surface area contributed by atoms with Crippen LogP contribution in [0.5, 0.6) is 5.88 Å². The molecule has 192 valence electrons. The third-order valence-corrected chi connectivity index (χ3v) is 6.53. The van der Waals surface area contributed by atoms with Gasteiger partial charge in [0.1, 0.15) is 6.33 Å². The molecule has 2 aromatic carbocycles. The van der Waals surface area contributed by atoms with E-state index in [0.717, 1.165) is 56.8 Å². The van der Waals surface area contributed by atoms with Gasteiger partial charge in [-0.25, -0.2) is 4.98 Å². The van der Waals surface area contributed by atoms with Gasteiger partial charge in [0.05, 0.1) is 12.6 Å². The van der Waals surface area contributed by atoms with Crippen molar-refractivity contribution in [1.82, 2.24) is 29.6 Å². The highest BCUT2D eigenvalue weighted by molar-refractivity contribution is 5.85. The fraction of sp³-hybridized carbons (Fsp3) is 0.370. The molecule has 0 spiro atoms. The first-order chi connectivity index (χ1) is 16.8. The molecule has 1 aliphatic rings. The lowest BCUT2D eigenvalue weighted by Gasteiger charge is -2.39. The maximum Gasteiger partial charge on any atom is 0.236 e. The molecule has 1 aliphatic heterocycles. The first-order valence-electron chi connectivity index (χ1n) is 12.1. The van der Waals surface area contributed by atoms with Crippen LogP contribution in [-0.2, 0) is 0 Å². The molecule has 1 saturated heterocycles. The highest BCUT2D eigenvalue weighted by Crippen LogP contribution is 2.29. The lowest BCUT2D eigenvalue weighted by atomic mass is 9.96. The Morgan fingerprint density at radius 1 is 0.861 bits per heavy atom. The van der Waals surface area contributed by atoms with E-state index >= 15 is 0 Å². The molecule has 1 fully saturated rings. The second kappa shape index (κ2) is 13.6. The molecule has 0 aliphatic carbocycles. The number of unbranched alkanes of at least 4 members (excludes halogenated alkanes) is 1. The largest absolute Gasteiger partial charge is 0.476 e. The minimum Gasteiger partial charge on any atom is -0.476 e. The predicted molar refractivity (Wildman–Crippen MR) is 147 cm³/mol. The van der Waals surface area contributed by atoms with E-state index in [1.807, 2.05) is 13.0 Å². The summed E-state index contributed by atoms with van der Waals surface area (Å²) in [6.45, 7) is 8.11. The van der Waals surface area contributed by atoms with Gasteiger partial charge >= 0.3 is 0 Å². The average molecular weight is 530 g/mol. The molecular weight excluding hydrogens is 495 g/mol. The molecule has 0 unspecified atom stereocenters. The number of fused-ring (bicyclic) bond motifs is 1. The lowest BCUT2D eigenvalue weighted by Crippen LogP contribution is -2.48. The first-order valence-corrected chi connectivity index (χ1v) is 12.1. The van der Waals surface area contributed by atoms with Crippen molar-refractivity contribution in [3.63, 3.8) is 0 Å². The summed E-state index contributed by atoms with van der Waals surface area (Å²) < 4.78 is 7.44. The van der Waals surface area contributed by atoms with Crippen LogP contribution in [0.4, 0.5) is 0 Å². The molecular formula is C27H34Cl2N6O. The molecule has 7 nitrogen and oxygen atoms in total. The van der Waals surface area contributed by atoms with Gasteiger partial charge in [-0.05, 0) is 43.5 Å². The summed E-state index contributed by atoms with van der Waals surface area (Å²) >= 11 is 0. The van der Waals surface area contributed by atoms with Gasteiger partial charge in [0.15, 0.2) is 5.65 Å². The van der Waals surface area contributed by atoms with Crippen molar-refractivity contribution in [1.29, 1.82) is 0 Å². The number of halogens is 2. The summed E-state index contributed by atoms with van der Waals surface area (Å²) in [4.78, 5) is 9.36. The molecule has 0 radical (unpaired) electrons. The Hall–Kier alpha value is -2.71. The Balaban J connectivity index is 0.00000180. The van der Waals surface area contributed by atoms with Crippen LogP contribution in [-0.4, -0.2) is 68.9 Å². The maximum absolute atomic E-state index is 5.92. The number of hydrogen-bond acceptors (Lipinski definition) is 6. The predicted octanol–water partition coefficient (Wildman–Crippen LogP) is 4.84. The van der Waals surface area contributed by atoms with E-state index in [1.165, 1.54) is 22.1 Å². The fourth-order valence-electron chi connectivity index (χ4n) is 4.72. The van der Waals surface area contributed by atoms with E-state index in [9.17, 15) is 0 Å². The number of rotatable bonds is 9. The van der Waals surface area contributed by atoms with Crippen LogP contribution in [0.2, 0.25) is 0 Å². The molecule has 36 heavy (non-hydrogen) atoms. The summed E-state index contributed by atoms with van der Waals surface area (Å²) in [5.74, 6) is 0.638. The highest BCUT2D eigenvalue weighted by atomic mass is 35.5. The van der Waals surface area contributed by atoms with Crippen LogP contribution in [0.1, 0.15) is 35.6 Å². The monoisotopic (exact) mass is 528 g/mol. The van der Waals surface area contributed by atoms with Crippen molar-refractivity contribution in [2.75, 3.05) is 39.3 Å². The van der Waals surface area contributed by atoms with Crippen molar-refractivity contribution in [2.45, 2.75) is 25.8 Å². The zero-order valence-corrected chi connectivity index (χ0v) is 22.2. The third-order valence-electron chi connectivity index (χ3n) is 6.53. The smallest absolute Gasteiger partial charge is 0.236 e. The molecule has 5 rings (SSSR count). The molecule has 0 bridgehead atoms. The minimum absolute atomic E-state index is 0. The lowest BCUT2D eigenvalue weighted by molar-refractivity contribution is 0.107. The van der Waals surface area contributed by atoms with Crippen molar-refractivity contribution in [3.8, 4) is 5.88 Å². The number of aryl methyl sites for hydroxylation is 1. The second-order valence-electron chi connectivity index (χ2n) is 8.90. The Kier molecular flexibility index (Phi) is 10.5. The standard InChI is InChI=1S/C27H32N6O.2ClH/c1-22-20-25-28-21-29-33(25)30-27(22)34-19-9-8-14-31-15-17-32(18-16-31)26(23-10-4-2-5-11-23)24-12-6-3-7-13-24;;/h2-7,10-13,20-21,26H,8-9,14-19H2,1H3;2*1H. The number of hydrogen-bond donors (Lipinski definition) is 0. The molecule has 3 heterocycles. The van der Waals surface area contributed by atoms with Gasteiger partial charge in [0.2, 0.25) is 5.88 Å². The van der Waals surface area contributed by atoms with E-state index in [-0.39, 0.29) is 24.8 Å². The van der Waals surface area contributed by atoms with Crippen molar-refractivity contribution in [2.24, 2.45) is 0 Å². The van der Waals surface area contributed by atoms with E-state index in [1.54, 1.807) is 0 Å². The Labute approximate surface area is 225 Å². The van der Waals surface area contributed by atoms with Crippen molar-refractivity contribution >= 4 is 30.5 Å². The minimum atomic E-state index is 0. The number of benzene rings is 2. The van der Waals surface area contributed by atoms with Crippen LogP contribution >= 0.6 is 24.8 Å². The SMILES string of the molecule is Cc1cc2ncnn2nc1OCCCCN1CCN(C(c2ccccc2)c2ccccc2)CC1.Cl.Cl.